The Balaban J connectivity index is 2.37. The summed E-state index contributed by atoms with van der Waals surface area (Å²) < 4.78 is 38.7. The number of methoxy groups -OCH3 is 1. The number of rotatable bonds is 7. The molecule has 0 amide bonds. The first-order chi connectivity index (χ1) is 11.3. The maximum atomic E-state index is 12.4. The van der Waals surface area contributed by atoms with Gasteiger partial charge in [0.25, 0.3) is 10.0 Å². The van der Waals surface area contributed by atoms with Crippen LogP contribution in [0, 0.1) is 0 Å². The van der Waals surface area contributed by atoms with Crippen LogP contribution in [0.25, 0.3) is 0 Å². The summed E-state index contributed by atoms with van der Waals surface area (Å²) in [5.41, 5.74) is -0.238. The molecular formula is C14H17N3O6S. The molecule has 1 heterocycles. The Kier molecular flexibility index (Phi) is 4.98. The zero-order valence-electron chi connectivity index (χ0n) is 13.3. The van der Waals surface area contributed by atoms with Gasteiger partial charge < -0.3 is 14.6 Å². The van der Waals surface area contributed by atoms with Crippen molar-refractivity contribution in [1.82, 2.24) is 9.78 Å². The summed E-state index contributed by atoms with van der Waals surface area (Å²) in [6.07, 6.45) is 0. The second-order valence-electron chi connectivity index (χ2n) is 4.70. The second-order valence-corrected chi connectivity index (χ2v) is 6.38. The molecule has 0 aliphatic rings. The highest BCUT2D eigenvalue weighted by atomic mass is 32.2. The summed E-state index contributed by atoms with van der Waals surface area (Å²) in [7, 11) is -0.988. The van der Waals surface area contributed by atoms with Crippen molar-refractivity contribution in [1.29, 1.82) is 0 Å². The summed E-state index contributed by atoms with van der Waals surface area (Å²) in [6.45, 7) is 1.96. The minimum atomic E-state index is -4.01. The summed E-state index contributed by atoms with van der Waals surface area (Å²) in [6, 6.07) is 5.01. The van der Waals surface area contributed by atoms with E-state index in [1.165, 1.54) is 30.0 Å². The van der Waals surface area contributed by atoms with E-state index in [1.54, 1.807) is 14.0 Å². The van der Waals surface area contributed by atoms with Gasteiger partial charge in [-0.25, -0.2) is 17.9 Å². The monoisotopic (exact) mass is 355 g/mol. The van der Waals surface area contributed by atoms with E-state index >= 15 is 0 Å². The summed E-state index contributed by atoms with van der Waals surface area (Å²) >= 11 is 0. The minimum Gasteiger partial charge on any atom is -0.493 e. The Bertz CT molecular complexity index is 859. The molecule has 24 heavy (non-hydrogen) atoms. The number of sulfonamides is 1. The summed E-state index contributed by atoms with van der Waals surface area (Å²) in [5, 5.41) is 13.2. The molecule has 0 atom stereocenters. The lowest BCUT2D eigenvalue weighted by Gasteiger charge is -2.10. The maximum Gasteiger partial charge on any atom is 0.339 e. The van der Waals surface area contributed by atoms with Gasteiger partial charge in [0, 0.05) is 13.1 Å². The highest BCUT2D eigenvalue weighted by molar-refractivity contribution is 7.92. The molecule has 0 radical (unpaired) electrons. The van der Waals surface area contributed by atoms with Crippen molar-refractivity contribution in [2.75, 3.05) is 18.4 Å². The van der Waals surface area contributed by atoms with E-state index < -0.39 is 16.0 Å². The number of ether oxygens (including phenoxy) is 2. The van der Waals surface area contributed by atoms with Crippen LogP contribution in [0.5, 0.6) is 11.6 Å². The van der Waals surface area contributed by atoms with Gasteiger partial charge in [-0.1, -0.05) is 0 Å². The third-order valence-corrected chi connectivity index (χ3v) is 4.43. The predicted octanol–water partition coefficient (Wildman–Crippen LogP) is 1.33. The average molecular weight is 355 g/mol. The molecule has 0 spiro atoms. The van der Waals surface area contributed by atoms with Gasteiger partial charge in [0.2, 0.25) is 5.88 Å². The smallest absolute Gasteiger partial charge is 0.339 e. The molecule has 0 saturated heterocycles. The third kappa shape index (κ3) is 3.59. The van der Waals surface area contributed by atoms with Crippen LogP contribution in [-0.2, 0) is 17.1 Å². The molecule has 0 saturated carbocycles. The van der Waals surface area contributed by atoms with Crippen LogP contribution in [0.4, 0.5) is 5.82 Å². The molecule has 0 aliphatic heterocycles. The molecule has 2 aromatic rings. The highest BCUT2D eigenvalue weighted by Gasteiger charge is 2.21. The molecule has 0 aliphatic carbocycles. The van der Waals surface area contributed by atoms with E-state index in [0.29, 0.717) is 5.88 Å². The van der Waals surface area contributed by atoms with E-state index in [1.807, 2.05) is 0 Å². The number of nitrogens with one attached hydrogen (secondary N) is 1. The van der Waals surface area contributed by atoms with Crippen LogP contribution in [0.3, 0.4) is 0 Å². The van der Waals surface area contributed by atoms with Crippen LogP contribution >= 0.6 is 0 Å². The Labute approximate surface area is 138 Å². The fourth-order valence-corrected chi connectivity index (χ4v) is 3.03. The van der Waals surface area contributed by atoms with E-state index in [9.17, 15) is 18.3 Å². The number of carboxylic acids is 1. The molecule has 9 nitrogen and oxygen atoms in total. The fourth-order valence-electron chi connectivity index (χ4n) is 2.01. The molecule has 0 fully saturated rings. The first kappa shape index (κ1) is 17.6. The van der Waals surface area contributed by atoms with Crippen LogP contribution in [-0.4, -0.2) is 43.0 Å². The zero-order valence-corrected chi connectivity index (χ0v) is 14.1. The van der Waals surface area contributed by atoms with E-state index in [0.717, 1.165) is 6.07 Å². The summed E-state index contributed by atoms with van der Waals surface area (Å²) in [4.78, 5) is 11.1. The molecular weight excluding hydrogens is 338 g/mol. The number of carboxylic acid groups (broad SMARTS) is 1. The van der Waals surface area contributed by atoms with Crippen LogP contribution in [0.1, 0.15) is 17.3 Å². The number of hydrogen-bond acceptors (Lipinski definition) is 6. The molecule has 0 bridgehead atoms. The van der Waals surface area contributed by atoms with Crippen molar-refractivity contribution in [3.8, 4) is 11.6 Å². The molecule has 1 aromatic heterocycles. The number of aromatic carboxylic acids is 1. The zero-order chi connectivity index (χ0) is 17.9. The first-order valence-electron chi connectivity index (χ1n) is 6.89. The summed E-state index contributed by atoms with van der Waals surface area (Å²) in [5.74, 6) is -0.760. The number of hydrogen-bond donors (Lipinski definition) is 2. The Morgan fingerprint density at radius 3 is 2.62 bits per heavy atom. The number of nitrogens with zero attached hydrogens (tertiary/aromatic N) is 2. The van der Waals surface area contributed by atoms with Crippen molar-refractivity contribution in [3.63, 3.8) is 0 Å². The minimum absolute atomic E-state index is 0.0557. The van der Waals surface area contributed by atoms with Gasteiger partial charge in [0.05, 0.1) is 18.6 Å². The molecule has 130 valence electrons. The molecule has 2 N–H and O–H groups in total. The van der Waals surface area contributed by atoms with Crippen molar-refractivity contribution in [2.45, 2.75) is 11.8 Å². The molecule has 2 rings (SSSR count). The number of carbonyl (C=O) groups is 1. The van der Waals surface area contributed by atoms with Crippen molar-refractivity contribution >= 4 is 21.8 Å². The Morgan fingerprint density at radius 1 is 1.38 bits per heavy atom. The molecule has 0 unspecified atom stereocenters. The van der Waals surface area contributed by atoms with Crippen molar-refractivity contribution < 1.29 is 27.8 Å². The molecule has 10 heteroatoms. The third-order valence-electron chi connectivity index (χ3n) is 3.08. The van der Waals surface area contributed by atoms with Gasteiger partial charge >= 0.3 is 5.97 Å². The van der Waals surface area contributed by atoms with Gasteiger partial charge in [-0.05, 0) is 25.1 Å². The number of anilines is 1. The van der Waals surface area contributed by atoms with Gasteiger partial charge in [-0.2, -0.15) is 5.10 Å². The largest absolute Gasteiger partial charge is 0.493 e. The van der Waals surface area contributed by atoms with E-state index in [-0.39, 0.29) is 28.6 Å². The van der Waals surface area contributed by atoms with Crippen LogP contribution in [0.2, 0.25) is 0 Å². The van der Waals surface area contributed by atoms with Crippen molar-refractivity contribution in [3.05, 3.63) is 29.8 Å². The van der Waals surface area contributed by atoms with Gasteiger partial charge in [0.1, 0.15) is 11.3 Å². The second kappa shape index (κ2) is 6.79. The van der Waals surface area contributed by atoms with Crippen LogP contribution < -0.4 is 14.2 Å². The first-order valence-corrected chi connectivity index (χ1v) is 8.37. The van der Waals surface area contributed by atoms with Crippen molar-refractivity contribution in [2.24, 2.45) is 7.05 Å². The maximum absolute atomic E-state index is 12.4. The van der Waals surface area contributed by atoms with E-state index in [4.69, 9.17) is 9.47 Å². The van der Waals surface area contributed by atoms with Gasteiger partial charge in [-0.15, -0.1) is 0 Å². The topological polar surface area (TPSA) is 120 Å². The lowest BCUT2D eigenvalue weighted by Crippen LogP contribution is -2.15. The quantitative estimate of drug-likeness (QED) is 0.768. The Hall–Kier alpha value is -2.75. The predicted molar refractivity (Wildman–Crippen MR) is 85.1 cm³/mol. The number of aryl methyl sites for hydroxylation is 1. The normalized spacial score (nSPS) is 11.1. The lowest BCUT2D eigenvalue weighted by atomic mass is 10.2. The van der Waals surface area contributed by atoms with E-state index in [2.05, 4.69) is 9.82 Å². The average Bonchev–Trinajstić information content (AvgIpc) is 2.86. The number of benzene rings is 1. The standard InChI is InChI=1S/C14H17N3O6S/c1-4-23-11-6-5-9(7-10(11)14(18)19)24(20,21)16-12-8-13(22-3)17(2)15-12/h5-8H,4H2,1-3H3,(H,15,16)(H,18,19). The van der Waals surface area contributed by atoms with Crippen LogP contribution in [0.15, 0.2) is 29.2 Å². The highest BCUT2D eigenvalue weighted by Crippen LogP contribution is 2.25. The Morgan fingerprint density at radius 2 is 2.08 bits per heavy atom. The number of aromatic nitrogens is 2. The van der Waals surface area contributed by atoms with Gasteiger partial charge in [0.15, 0.2) is 5.82 Å². The lowest BCUT2D eigenvalue weighted by molar-refractivity contribution is 0.0692. The SMILES string of the molecule is CCOc1ccc(S(=O)(=O)Nc2cc(OC)n(C)n2)cc1C(=O)O. The fraction of sp³-hybridized carbons (Fsp3) is 0.286. The van der Waals surface area contributed by atoms with Gasteiger partial charge in [-0.3, -0.25) is 4.72 Å². The molecule has 1 aromatic carbocycles.